The van der Waals surface area contributed by atoms with E-state index in [1.54, 1.807) is 6.20 Å². The molecule has 1 unspecified atom stereocenters. The predicted octanol–water partition coefficient (Wildman–Crippen LogP) is 4.35. The fraction of sp³-hybridized carbons (Fsp3) is 0.357. The zero-order chi connectivity index (χ0) is 14.2. The van der Waals surface area contributed by atoms with Crippen molar-refractivity contribution in [2.45, 2.75) is 32.9 Å². The molecule has 0 bridgehead atoms. The molecule has 0 amide bonds. The lowest BCUT2D eigenvalue weighted by atomic mass is 10.0. The summed E-state index contributed by atoms with van der Waals surface area (Å²) in [5.41, 5.74) is 9.69. The van der Waals surface area contributed by atoms with E-state index in [9.17, 15) is 0 Å². The van der Waals surface area contributed by atoms with Gasteiger partial charge in [-0.05, 0) is 53.9 Å². The third-order valence-corrected chi connectivity index (χ3v) is 4.61. The number of aromatic nitrogens is 2. The number of rotatable bonds is 3. The van der Waals surface area contributed by atoms with Crippen molar-refractivity contribution in [3.05, 3.63) is 50.2 Å². The molecule has 0 aliphatic heterocycles. The Morgan fingerprint density at radius 3 is 2.47 bits per heavy atom. The Morgan fingerprint density at radius 1 is 1.21 bits per heavy atom. The molecule has 0 aliphatic rings. The smallest absolute Gasteiger partial charge is 0.0741 e. The molecule has 0 fully saturated rings. The van der Waals surface area contributed by atoms with Gasteiger partial charge in [0.2, 0.25) is 0 Å². The first-order chi connectivity index (χ1) is 8.91. The van der Waals surface area contributed by atoms with Gasteiger partial charge in [0.1, 0.15) is 0 Å². The van der Waals surface area contributed by atoms with Crippen LogP contribution in [0.3, 0.4) is 0 Å². The summed E-state index contributed by atoms with van der Waals surface area (Å²) in [6.07, 6.45) is 1.81. The minimum atomic E-state index is -0.189. The summed E-state index contributed by atoms with van der Waals surface area (Å²) in [4.78, 5) is 0. The van der Waals surface area contributed by atoms with Gasteiger partial charge in [-0.25, -0.2) is 0 Å². The van der Waals surface area contributed by atoms with Crippen LogP contribution in [0.2, 0.25) is 0 Å². The minimum absolute atomic E-state index is 0.189. The minimum Gasteiger partial charge on any atom is -0.319 e. The van der Waals surface area contributed by atoms with Crippen LogP contribution >= 0.6 is 31.9 Å². The third kappa shape index (κ3) is 2.93. The van der Waals surface area contributed by atoms with Crippen molar-refractivity contribution in [1.82, 2.24) is 9.78 Å². The zero-order valence-electron chi connectivity index (χ0n) is 11.2. The maximum absolute atomic E-state index is 6.41. The maximum atomic E-state index is 6.41. The topological polar surface area (TPSA) is 43.8 Å². The molecule has 5 heteroatoms. The average Bonchev–Trinajstić information content (AvgIpc) is 2.74. The molecule has 0 spiro atoms. The van der Waals surface area contributed by atoms with Crippen molar-refractivity contribution in [1.29, 1.82) is 0 Å². The molecule has 102 valence electrons. The molecule has 0 aliphatic carbocycles. The van der Waals surface area contributed by atoms with Crippen LogP contribution in [0, 0.1) is 6.92 Å². The van der Waals surface area contributed by atoms with Crippen molar-refractivity contribution in [3.8, 4) is 0 Å². The summed E-state index contributed by atoms with van der Waals surface area (Å²) in [6.45, 7) is 6.26. The second kappa shape index (κ2) is 5.77. The van der Waals surface area contributed by atoms with Crippen LogP contribution in [0.15, 0.2) is 33.3 Å². The van der Waals surface area contributed by atoms with Crippen LogP contribution in [0.25, 0.3) is 0 Å². The van der Waals surface area contributed by atoms with Gasteiger partial charge in [0.05, 0.1) is 22.4 Å². The van der Waals surface area contributed by atoms with Gasteiger partial charge in [-0.15, -0.1) is 0 Å². The van der Waals surface area contributed by atoms with E-state index < -0.39 is 0 Å². The lowest BCUT2D eigenvalue weighted by Crippen LogP contribution is -2.19. The summed E-state index contributed by atoms with van der Waals surface area (Å²) in [7, 11) is 0. The summed E-state index contributed by atoms with van der Waals surface area (Å²) in [5, 5.41) is 4.38. The molecular weight excluding hydrogens is 370 g/mol. The molecule has 0 saturated carbocycles. The van der Waals surface area contributed by atoms with E-state index in [0.717, 1.165) is 20.2 Å². The molecule has 1 heterocycles. The highest BCUT2D eigenvalue weighted by Gasteiger charge is 2.20. The monoisotopic (exact) mass is 385 g/mol. The van der Waals surface area contributed by atoms with Crippen LogP contribution in [0.1, 0.15) is 42.8 Å². The molecule has 2 aromatic rings. The lowest BCUT2D eigenvalue weighted by molar-refractivity contribution is 0.498. The Morgan fingerprint density at radius 2 is 1.89 bits per heavy atom. The van der Waals surface area contributed by atoms with E-state index in [4.69, 9.17) is 5.73 Å². The van der Waals surface area contributed by atoms with Gasteiger partial charge < -0.3 is 5.73 Å². The Kier molecular flexibility index (Phi) is 4.48. The Hall–Kier alpha value is -0.650. The third-order valence-electron chi connectivity index (χ3n) is 3.11. The average molecular weight is 387 g/mol. The molecule has 1 atom stereocenters. The number of benzene rings is 1. The van der Waals surface area contributed by atoms with Crippen LogP contribution in [0.5, 0.6) is 0 Å². The van der Waals surface area contributed by atoms with Crippen molar-refractivity contribution in [3.63, 3.8) is 0 Å². The Balaban J connectivity index is 2.46. The molecule has 2 N–H and O–H groups in total. The first-order valence-electron chi connectivity index (χ1n) is 6.16. The van der Waals surface area contributed by atoms with Gasteiger partial charge in [-0.1, -0.05) is 28.1 Å². The fourth-order valence-corrected chi connectivity index (χ4v) is 2.84. The highest BCUT2D eigenvalue weighted by atomic mass is 79.9. The van der Waals surface area contributed by atoms with Gasteiger partial charge in [0, 0.05) is 10.5 Å². The lowest BCUT2D eigenvalue weighted by Gasteiger charge is -2.18. The van der Waals surface area contributed by atoms with Gasteiger partial charge in [0.15, 0.2) is 0 Å². The molecule has 2 rings (SSSR count). The normalized spacial score (nSPS) is 13.0. The van der Waals surface area contributed by atoms with Gasteiger partial charge >= 0.3 is 0 Å². The van der Waals surface area contributed by atoms with Crippen molar-refractivity contribution < 1.29 is 0 Å². The Bertz CT molecular complexity index is 590. The highest BCUT2D eigenvalue weighted by molar-refractivity contribution is 9.10. The molecule has 19 heavy (non-hydrogen) atoms. The summed E-state index contributed by atoms with van der Waals surface area (Å²) < 4.78 is 4.01. The van der Waals surface area contributed by atoms with Crippen LogP contribution in [-0.2, 0) is 0 Å². The van der Waals surface area contributed by atoms with Crippen LogP contribution in [0.4, 0.5) is 0 Å². The highest BCUT2D eigenvalue weighted by Crippen LogP contribution is 2.30. The Labute approximate surface area is 130 Å². The van der Waals surface area contributed by atoms with E-state index >= 15 is 0 Å². The second-order valence-corrected chi connectivity index (χ2v) is 6.61. The predicted molar refractivity (Wildman–Crippen MR) is 85.2 cm³/mol. The van der Waals surface area contributed by atoms with E-state index in [-0.39, 0.29) is 12.1 Å². The molecule has 0 radical (unpaired) electrons. The van der Waals surface area contributed by atoms with Crippen molar-refractivity contribution in [2.75, 3.05) is 0 Å². The summed E-state index contributed by atoms with van der Waals surface area (Å²) in [5.74, 6) is 0. The number of nitrogens with zero attached hydrogens (tertiary/aromatic N) is 2. The van der Waals surface area contributed by atoms with E-state index in [1.165, 1.54) is 5.56 Å². The van der Waals surface area contributed by atoms with Crippen LogP contribution < -0.4 is 5.73 Å². The van der Waals surface area contributed by atoms with Crippen molar-refractivity contribution in [2.24, 2.45) is 5.73 Å². The molecule has 1 aromatic carbocycles. The second-order valence-electron chi connectivity index (χ2n) is 4.90. The number of halogens is 2. The number of hydrogen-bond donors (Lipinski definition) is 1. The van der Waals surface area contributed by atoms with E-state index in [2.05, 4.69) is 63.8 Å². The number of aryl methyl sites for hydroxylation is 1. The van der Waals surface area contributed by atoms with Gasteiger partial charge in [-0.2, -0.15) is 5.10 Å². The van der Waals surface area contributed by atoms with E-state index in [0.29, 0.717) is 0 Å². The first-order valence-corrected chi connectivity index (χ1v) is 7.75. The van der Waals surface area contributed by atoms with Crippen LogP contribution in [-0.4, -0.2) is 9.78 Å². The largest absolute Gasteiger partial charge is 0.319 e. The zero-order valence-corrected chi connectivity index (χ0v) is 14.4. The molecule has 0 saturated heterocycles. The first kappa shape index (κ1) is 14.8. The standard InChI is InChI=1S/C14H17Br2N3/c1-8(2)19-14(12(16)7-18-19)13(17)10-4-5-11(15)9(3)6-10/h4-8,13H,17H2,1-3H3. The van der Waals surface area contributed by atoms with E-state index in [1.807, 2.05) is 16.8 Å². The maximum Gasteiger partial charge on any atom is 0.0741 e. The fourth-order valence-electron chi connectivity index (χ4n) is 2.07. The summed E-state index contributed by atoms with van der Waals surface area (Å²) in [6, 6.07) is 6.29. The van der Waals surface area contributed by atoms with Gasteiger partial charge in [-0.3, -0.25) is 4.68 Å². The quantitative estimate of drug-likeness (QED) is 0.852. The summed E-state index contributed by atoms with van der Waals surface area (Å²) >= 11 is 7.06. The molecule has 3 nitrogen and oxygen atoms in total. The molecular formula is C14H17Br2N3. The number of nitrogens with two attached hydrogens (primary N) is 1. The number of hydrogen-bond acceptors (Lipinski definition) is 2. The van der Waals surface area contributed by atoms with Crippen molar-refractivity contribution >= 4 is 31.9 Å². The van der Waals surface area contributed by atoms with Gasteiger partial charge in [0.25, 0.3) is 0 Å². The SMILES string of the molecule is Cc1cc(C(N)c2c(Br)cnn2C(C)C)ccc1Br. The molecule has 1 aromatic heterocycles.